The van der Waals surface area contributed by atoms with Crippen LogP contribution in [-0.2, 0) is 0 Å². The highest BCUT2D eigenvalue weighted by molar-refractivity contribution is 7.81. The summed E-state index contributed by atoms with van der Waals surface area (Å²) in [7, 11) is 0. The molecule has 0 heterocycles. The maximum absolute atomic E-state index is 4.50. The SMILES string of the molecule is CCCCCCCCC(C)(C)S. The van der Waals surface area contributed by atoms with Gasteiger partial charge in [-0.3, -0.25) is 0 Å². The zero-order valence-electron chi connectivity index (χ0n) is 8.90. The first-order chi connectivity index (χ1) is 5.56. The molecule has 0 N–H and O–H groups in total. The third-order valence-corrected chi connectivity index (χ3v) is 2.37. The molecule has 0 bridgehead atoms. The number of unbranched alkanes of at least 4 members (excludes halogenated alkanes) is 5. The molecule has 0 aliphatic heterocycles. The van der Waals surface area contributed by atoms with Crippen LogP contribution in [0.5, 0.6) is 0 Å². The van der Waals surface area contributed by atoms with E-state index in [-0.39, 0.29) is 4.75 Å². The van der Waals surface area contributed by atoms with Crippen LogP contribution in [0, 0.1) is 0 Å². The second kappa shape index (κ2) is 6.82. The molecule has 0 atom stereocenters. The molecule has 74 valence electrons. The topological polar surface area (TPSA) is 0 Å². The van der Waals surface area contributed by atoms with Crippen LogP contribution in [0.4, 0.5) is 0 Å². The smallest absolute Gasteiger partial charge is 0.00731 e. The summed E-state index contributed by atoms with van der Waals surface area (Å²) in [6.07, 6.45) is 9.58. The first-order valence-corrected chi connectivity index (χ1v) is 5.73. The number of thiol groups is 1. The van der Waals surface area contributed by atoms with E-state index < -0.39 is 0 Å². The number of rotatable bonds is 7. The molecule has 0 unspecified atom stereocenters. The molecule has 0 aromatic heterocycles. The minimum atomic E-state index is 0.241. The van der Waals surface area contributed by atoms with E-state index in [2.05, 4.69) is 33.4 Å². The zero-order valence-corrected chi connectivity index (χ0v) is 9.79. The molecule has 0 rings (SSSR count). The first kappa shape index (κ1) is 12.3. The van der Waals surface area contributed by atoms with Crippen molar-refractivity contribution >= 4 is 12.6 Å². The second-order valence-electron chi connectivity index (χ2n) is 4.33. The molecule has 1 heteroatoms. The summed E-state index contributed by atoms with van der Waals surface area (Å²) in [5.74, 6) is 0. The molecule has 0 aliphatic carbocycles. The van der Waals surface area contributed by atoms with Crippen molar-refractivity contribution in [1.82, 2.24) is 0 Å². The van der Waals surface area contributed by atoms with Gasteiger partial charge in [0.1, 0.15) is 0 Å². The molecule has 12 heavy (non-hydrogen) atoms. The van der Waals surface area contributed by atoms with Gasteiger partial charge >= 0.3 is 0 Å². The molecule has 0 aromatic carbocycles. The lowest BCUT2D eigenvalue weighted by Gasteiger charge is -2.16. The van der Waals surface area contributed by atoms with Crippen molar-refractivity contribution in [3.8, 4) is 0 Å². The van der Waals surface area contributed by atoms with Crippen molar-refractivity contribution in [2.24, 2.45) is 0 Å². The van der Waals surface area contributed by atoms with Crippen LogP contribution in [0.15, 0.2) is 0 Å². The first-order valence-electron chi connectivity index (χ1n) is 5.28. The fourth-order valence-corrected chi connectivity index (χ4v) is 1.50. The van der Waals surface area contributed by atoms with Gasteiger partial charge in [0.15, 0.2) is 0 Å². The van der Waals surface area contributed by atoms with Gasteiger partial charge in [0.2, 0.25) is 0 Å². The highest BCUT2D eigenvalue weighted by Crippen LogP contribution is 2.20. The van der Waals surface area contributed by atoms with Gasteiger partial charge in [-0.15, -0.1) is 0 Å². The van der Waals surface area contributed by atoms with Crippen molar-refractivity contribution in [2.45, 2.75) is 70.5 Å². The second-order valence-corrected chi connectivity index (χ2v) is 5.54. The average molecular weight is 188 g/mol. The van der Waals surface area contributed by atoms with E-state index >= 15 is 0 Å². The molecule has 0 spiro atoms. The molecule has 0 saturated carbocycles. The predicted octanol–water partition coefficient (Wildman–Crippen LogP) is 4.45. The molecular weight excluding hydrogens is 164 g/mol. The Kier molecular flexibility index (Phi) is 7.02. The summed E-state index contributed by atoms with van der Waals surface area (Å²) in [5, 5.41) is 0. The summed E-state index contributed by atoms with van der Waals surface area (Å²) in [4.78, 5) is 0. The van der Waals surface area contributed by atoms with Crippen LogP contribution in [0.3, 0.4) is 0 Å². The van der Waals surface area contributed by atoms with E-state index in [4.69, 9.17) is 0 Å². The summed E-state index contributed by atoms with van der Waals surface area (Å²) in [6.45, 7) is 6.65. The lowest BCUT2D eigenvalue weighted by atomic mass is 10.0. The summed E-state index contributed by atoms with van der Waals surface area (Å²) >= 11 is 4.50. The summed E-state index contributed by atoms with van der Waals surface area (Å²) in [5.41, 5.74) is 0. The molecule has 0 fully saturated rings. The summed E-state index contributed by atoms with van der Waals surface area (Å²) < 4.78 is 0.241. The molecule has 0 amide bonds. The van der Waals surface area contributed by atoms with Crippen molar-refractivity contribution < 1.29 is 0 Å². The molecule has 0 saturated heterocycles. The Labute approximate surface area is 83.5 Å². The Balaban J connectivity index is 3.01. The highest BCUT2D eigenvalue weighted by Gasteiger charge is 2.09. The van der Waals surface area contributed by atoms with E-state index in [1.165, 1.54) is 44.9 Å². The highest BCUT2D eigenvalue weighted by atomic mass is 32.1. The van der Waals surface area contributed by atoms with Crippen LogP contribution < -0.4 is 0 Å². The maximum atomic E-state index is 4.50. The molecule has 0 aromatic rings. The normalized spacial score (nSPS) is 12.0. The standard InChI is InChI=1S/C11H24S/c1-4-5-6-7-8-9-10-11(2,3)12/h12H,4-10H2,1-3H3. The molecule has 0 radical (unpaired) electrons. The lowest BCUT2D eigenvalue weighted by molar-refractivity contribution is 0.544. The third kappa shape index (κ3) is 10.3. The number of hydrogen-bond donors (Lipinski definition) is 1. The largest absolute Gasteiger partial charge is 0.173 e. The molecule has 0 nitrogen and oxygen atoms in total. The van der Waals surface area contributed by atoms with Crippen LogP contribution in [0.25, 0.3) is 0 Å². The van der Waals surface area contributed by atoms with Gasteiger partial charge in [-0.25, -0.2) is 0 Å². The Morgan fingerprint density at radius 3 is 1.92 bits per heavy atom. The van der Waals surface area contributed by atoms with Crippen LogP contribution in [0.2, 0.25) is 0 Å². The van der Waals surface area contributed by atoms with Crippen molar-refractivity contribution in [1.29, 1.82) is 0 Å². The Hall–Kier alpha value is 0.350. The van der Waals surface area contributed by atoms with Gasteiger partial charge in [0.25, 0.3) is 0 Å². The minimum absolute atomic E-state index is 0.241. The molecule has 0 aliphatic rings. The number of hydrogen-bond acceptors (Lipinski definition) is 1. The van der Waals surface area contributed by atoms with Gasteiger partial charge < -0.3 is 0 Å². The Morgan fingerprint density at radius 2 is 1.42 bits per heavy atom. The van der Waals surface area contributed by atoms with Gasteiger partial charge in [0.05, 0.1) is 0 Å². The fourth-order valence-electron chi connectivity index (χ4n) is 1.34. The average Bonchev–Trinajstić information content (AvgIpc) is 1.94. The van der Waals surface area contributed by atoms with Crippen LogP contribution in [0.1, 0.15) is 65.7 Å². The zero-order chi connectivity index (χ0) is 9.45. The van der Waals surface area contributed by atoms with Gasteiger partial charge in [-0.05, 0) is 6.42 Å². The minimum Gasteiger partial charge on any atom is -0.173 e. The quantitative estimate of drug-likeness (QED) is 0.443. The van der Waals surface area contributed by atoms with E-state index in [0.717, 1.165) is 0 Å². The van der Waals surface area contributed by atoms with Crippen molar-refractivity contribution in [3.05, 3.63) is 0 Å². The van der Waals surface area contributed by atoms with Gasteiger partial charge in [-0.1, -0.05) is 59.3 Å². The van der Waals surface area contributed by atoms with E-state index in [1.54, 1.807) is 0 Å². The third-order valence-electron chi connectivity index (χ3n) is 2.14. The van der Waals surface area contributed by atoms with E-state index in [1.807, 2.05) is 0 Å². The summed E-state index contributed by atoms with van der Waals surface area (Å²) in [6, 6.07) is 0. The van der Waals surface area contributed by atoms with E-state index in [0.29, 0.717) is 0 Å². The maximum Gasteiger partial charge on any atom is 0.00731 e. The van der Waals surface area contributed by atoms with Crippen molar-refractivity contribution in [3.63, 3.8) is 0 Å². The van der Waals surface area contributed by atoms with Gasteiger partial charge in [0, 0.05) is 4.75 Å². The Morgan fingerprint density at radius 1 is 0.917 bits per heavy atom. The fraction of sp³-hybridized carbons (Fsp3) is 1.00. The van der Waals surface area contributed by atoms with Crippen molar-refractivity contribution in [2.75, 3.05) is 0 Å². The van der Waals surface area contributed by atoms with Crippen LogP contribution in [-0.4, -0.2) is 4.75 Å². The molecular formula is C11H24S. The Bertz CT molecular complexity index is 91.7. The lowest BCUT2D eigenvalue weighted by Crippen LogP contribution is -2.09. The van der Waals surface area contributed by atoms with Gasteiger partial charge in [-0.2, -0.15) is 12.6 Å². The van der Waals surface area contributed by atoms with E-state index in [9.17, 15) is 0 Å². The predicted molar refractivity (Wildman–Crippen MR) is 61.1 cm³/mol. The monoisotopic (exact) mass is 188 g/mol. The van der Waals surface area contributed by atoms with Crippen LogP contribution >= 0.6 is 12.6 Å².